The molecule has 0 aromatic heterocycles. The van der Waals surface area contributed by atoms with Gasteiger partial charge in [0.1, 0.15) is 5.75 Å². The molecule has 2 amide bonds. The van der Waals surface area contributed by atoms with Gasteiger partial charge in [0.05, 0.1) is 32.5 Å². The quantitative estimate of drug-likeness (QED) is 0.133. The van der Waals surface area contributed by atoms with Crippen molar-refractivity contribution in [2.75, 3.05) is 21.3 Å². The van der Waals surface area contributed by atoms with Gasteiger partial charge >= 0.3 is 29.8 Å². The standard InChI is InChI=1S/C32H30N2O15/c1-16(35)46-22-12-8-19(14-24(22)44-4)31(41)48-26(29(38)34-33-28(37)18-6-10-21(43-3)11-7-18)27(30(39)40)49-32(42)20-9-13-23(47-17(2)36)25(15-20)45-5/h6-15,26-27H,1-5H3,(H,33,37)(H,34,38)(H,39,40)/t26-,27-/m1/s1. The normalized spacial score (nSPS) is 11.4. The molecule has 0 aliphatic rings. The Labute approximate surface area is 277 Å². The van der Waals surface area contributed by atoms with Crippen LogP contribution in [0.5, 0.6) is 28.7 Å². The highest BCUT2D eigenvalue weighted by Gasteiger charge is 2.41. The number of methoxy groups -OCH3 is 3. The fourth-order valence-corrected chi connectivity index (χ4v) is 3.93. The monoisotopic (exact) mass is 682 g/mol. The molecule has 2 atom stereocenters. The van der Waals surface area contributed by atoms with Gasteiger partial charge in [-0.2, -0.15) is 0 Å². The zero-order valence-electron chi connectivity index (χ0n) is 26.6. The average Bonchev–Trinajstić information content (AvgIpc) is 3.07. The fourth-order valence-electron chi connectivity index (χ4n) is 3.93. The summed E-state index contributed by atoms with van der Waals surface area (Å²) in [4.78, 5) is 87.5. The van der Waals surface area contributed by atoms with Crippen LogP contribution in [0.1, 0.15) is 44.9 Å². The van der Waals surface area contributed by atoms with Crippen LogP contribution in [0.25, 0.3) is 0 Å². The molecule has 0 aliphatic heterocycles. The maximum absolute atomic E-state index is 13.3. The van der Waals surface area contributed by atoms with Crippen LogP contribution in [0.4, 0.5) is 0 Å². The van der Waals surface area contributed by atoms with E-state index in [2.05, 4.69) is 5.43 Å². The Morgan fingerprint density at radius 2 is 1.02 bits per heavy atom. The van der Waals surface area contributed by atoms with Crippen LogP contribution in [0, 0.1) is 0 Å². The molecule has 3 aromatic rings. The summed E-state index contributed by atoms with van der Waals surface area (Å²) in [6, 6.07) is 12.4. The fraction of sp³-hybridized carbons (Fsp3) is 0.219. The SMILES string of the molecule is COc1ccc(C(=O)NNC(=O)[C@H](OC(=O)c2ccc(OC(C)=O)c(OC)c2)[C@@H](OC(=O)c2ccc(OC(C)=O)c(OC)c2)C(=O)O)cc1. The van der Waals surface area contributed by atoms with Gasteiger partial charge in [-0.25, -0.2) is 14.4 Å². The number of carboxylic acids is 1. The lowest BCUT2D eigenvalue weighted by Gasteiger charge is -2.24. The second-order valence-corrected chi connectivity index (χ2v) is 9.58. The van der Waals surface area contributed by atoms with Gasteiger partial charge in [-0.05, 0) is 60.7 Å². The van der Waals surface area contributed by atoms with Gasteiger partial charge in [0.15, 0.2) is 23.0 Å². The van der Waals surface area contributed by atoms with Crippen molar-refractivity contribution >= 4 is 41.7 Å². The summed E-state index contributed by atoms with van der Waals surface area (Å²) in [5, 5.41) is 10.0. The van der Waals surface area contributed by atoms with Crippen molar-refractivity contribution in [3.05, 3.63) is 77.4 Å². The number of ether oxygens (including phenoxy) is 7. The minimum Gasteiger partial charge on any atom is -0.497 e. The van der Waals surface area contributed by atoms with Crippen molar-refractivity contribution < 1.29 is 71.8 Å². The lowest BCUT2D eigenvalue weighted by atomic mass is 10.1. The summed E-state index contributed by atoms with van der Waals surface area (Å²) in [5.41, 5.74) is 3.48. The van der Waals surface area contributed by atoms with E-state index in [1.54, 1.807) is 0 Å². The molecule has 49 heavy (non-hydrogen) atoms. The van der Waals surface area contributed by atoms with Crippen LogP contribution in [-0.4, -0.2) is 80.3 Å². The summed E-state index contributed by atoms with van der Waals surface area (Å²) in [6.45, 7) is 2.27. The van der Waals surface area contributed by atoms with Crippen molar-refractivity contribution in [3.63, 3.8) is 0 Å². The summed E-state index contributed by atoms with van der Waals surface area (Å²) >= 11 is 0. The van der Waals surface area contributed by atoms with Gasteiger partial charge in [0.2, 0.25) is 12.2 Å². The molecule has 17 heteroatoms. The third-order valence-electron chi connectivity index (χ3n) is 6.20. The second-order valence-electron chi connectivity index (χ2n) is 9.58. The van der Waals surface area contributed by atoms with Gasteiger partial charge < -0.3 is 38.3 Å². The minimum atomic E-state index is -2.49. The molecule has 258 valence electrons. The summed E-state index contributed by atoms with van der Waals surface area (Å²) in [7, 11) is 3.85. The van der Waals surface area contributed by atoms with E-state index in [-0.39, 0.29) is 39.7 Å². The van der Waals surface area contributed by atoms with E-state index in [9.17, 15) is 38.7 Å². The Bertz CT molecular complexity index is 1750. The van der Waals surface area contributed by atoms with Crippen LogP contribution in [0.2, 0.25) is 0 Å². The molecule has 0 heterocycles. The lowest BCUT2D eigenvalue weighted by Crippen LogP contribution is -2.54. The summed E-state index contributed by atoms with van der Waals surface area (Å²) in [6.07, 6.45) is -4.90. The number of carbonyl (C=O) groups is 7. The van der Waals surface area contributed by atoms with E-state index in [0.29, 0.717) is 5.75 Å². The van der Waals surface area contributed by atoms with E-state index < -0.39 is 53.9 Å². The number of aliphatic carboxylic acids is 1. The Morgan fingerprint density at radius 1 is 0.571 bits per heavy atom. The van der Waals surface area contributed by atoms with Crippen molar-refractivity contribution in [2.45, 2.75) is 26.1 Å². The highest BCUT2D eigenvalue weighted by Crippen LogP contribution is 2.30. The number of nitrogens with one attached hydrogen (secondary N) is 2. The van der Waals surface area contributed by atoms with Crippen molar-refractivity contribution in [1.82, 2.24) is 10.9 Å². The molecular weight excluding hydrogens is 652 g/mol. The van der Waals surface area contributed by atoms with Crippen LogP contribution in [0.3, 0.4) is 0 Å². The number of rotatable bonds is 13. The zero-order valence-corrected chi connectivity index (χ0v) is 26.6. The predicted octanol–water partition coefficient (Wildman–Crippen LogP) is 1.86. The van der Waals surface area contributed by atoms with Crippen molar-refractivity contribution in [1.29, 1.82) is 0 Å². The smallest absolute Gasteiger partial charge is 0.349 e. The first kappa shape index (κ1) is 36.8. The number of hydrogen-bond acceptors (Lipinski definition) is 14. The number of esters is 4. The Balaban J connectivity index is 1.93. The van der Waals surface area contributed by atoms with Crippen LogP contribution >= 0.6 is 0 Å². The highest BCUT2D eigenvalue weighted by molar-refractivity contribution is 5.99. The molecule has 0 saturated heterocycles. The van der Waals surface area contributed by atoms with E-state index >= 15 is 0 Å². The third kappa shape index (κ3) is 9.92. The first-order valence-corrected chi connectivity index (χ1v) is 13.9. The molecule has 0 radical (unpaired) electrons. The number of hydrogen-bond donors (Lipinski definition) is 3. The van der Waals surface area contributed by atoms with Gasteiger partial charge in [-0.15, -0.1) is 0 Å². The molecule has 0 fully saturated rings. The van der Waals surface area contributed by atoms with E-state index in [1.165, 1.54) is 57.7 Å². The number of carboxylic acid groups (broad SMARTS) is 1. The molecular formula is C32H30N2O15. The molecule has 3 N–H and O–H groups in total. The van der Waals surface area contributed by atoms with Crippen LogP contribution in [0.15, 0.2) is 60.7 Å². The zero-order chi connectivity index (χ0) is 36.2. The predicted molar refractivity (Wildman–Crippen MR) is 163 cm³/mol. The molecule has 3 aromatic carbocycles. The Hall–Kier alpha value is -6.65. The summed E-state index contributed by atoms with van der Waals surface area (Å²) < 4.78 is 35.6. The maximum atomic E-state index is 13.3. The van der Waals surface area contributed by atoms with Gasteiger partial charge in [-0.3, -0.25) is 30.0 Å². The van der Waals surface area contributed by atoms with Gasteiger partial charge in [0.25, 0.3) is 11.8 Å². The molecule has 3 rings (SSSR count). The molecule has 0 unspecified atom stereocenters. The van der Waals surface area contributed by atoms with E-state index in [1.807, 2.05) is 5.43 Å². The Morgan fingerprint density at radius 3 is 1.43 bits per heavy atom. The lowest BCUT2D eigenvalue weighted by molar-refractivity contribution is -0.159. The van der Waals surface area contributed by atoms with E-state index in [0.717, 1.165) is 38.1 Å². The van der Waals surface area contributed by atoms with Crippen molar-refractivity contribution in [3.8, 4) is 28.7 Å². The molecule has 0 spiro atoms. The minimum absolute atomic E-state index is 0.0574. The molecule has 0 aliphatic carbocycles. The Kier molecular flexibility index (Phi) is 12.6. The van der Waals surface area contributed by atoms with Gasteiger partial charge in [0, 0.05) is 19.4 Å². The van der Waals surface area contributed by atoms with Crippen LogP contribution in [-0.2, 0) is 28.7 Å². The van der Waals surface area contributed by atoms with Crippen molar-refractivity contribution in [2.24, 2.45) is 0 Å². The molecule has 0 saturated carbocycles. The molecule has 0 bridgehead atoms. The first-order valence-electron chi connectivity index (χ1n) is 13.9. The summed E-state index contributed by atoms with van der Waals surface area (Å²) in [5.74, 6) is -8.05. The first-order chi connectivity index (χ1) is 23.3. The van der Waals surface area contributed by atoms with Gasteiger partial charge in [-0.1, -0.05) is 0 Å². The maximum Gasteiger partial charge on any atom is 0.349 e. The highest BCUT2D eigenvalue weighted by atomic mass is 16.6. The number of amides is 2. The van der Waals surface area contributed by atoms with Crippen LogP contribution < -0.4 is 34.5 Å². The van der Waals surface area contributed by atoms with E-state index in [4.69, 9.17) is 33.2 Å². The number of carbonyl (C=O) groups excluding carboxylic acids is 6. The average molecular weight is 683 g/mol. The third-order valence-corrected chi connectivity index (χ3v) is 6.20. The largest absolute Gasteiger partial charge is 0.497 e. The molecule has 17 nitrogen and oxygen atoms in total. The topological polar surface area (TPSA) is 228 Å². The second kappa shape index (κ2) is 16.8. The number of hydrazine groups is 1. The number of benzene rings is 3.